The Balaban J connectivity index is 1.75. The van der Waals surface area contributed by atoms with Gasteiger partial charge in [0.2, 0.25) is 0 Å². The minimum Gasteiger partial charge on any atom is -0.393 e. The molecule has 1 heterocycles. The molecule has 0 atom stereocenters. The predicted molar refractivity (Wildman–Crippen MR) is 94.9 cm³/mol. The first-order chi connectivity index (χ1) is 12.8. The van der Waals surface area contributed by atoms with E-state index in [1.807, 2.05) is 4.90 Å². The smallest absolute Gasteiger partial charge is 0.393 e. The van der Waals surface area contributed by atoms with E-state index in [4.69, 9.17) is 4.74 Å². The van der Waals surface area contributed by atoms with Gasteiger partial charge < -0.3 is 25.4 Å². The van der Waals surface area contributed by atoms with Gasteiger partial charge in [-0.25, -0.2) is 4.79 Å². The normalized spacial score (nSPS) is 23.8. The van der Waals surface area contributed by atoms with Crippen molar-refractivity contribution < 1.29 is 27.8 Å². The molecule has 0 radical (unpaired) electrons. The van der Waals surface area contributed by atoms with Gasteiger partial charge in [-0.2, -0.15) is 13.2 Å². The Bertz CT molecular complexity index is 655. The van der Waals surface area contributed by atoms with Gasteiger partial charge in [0.25, 0.3) is 0 Å². The van der Waals surface area contributed by atoms with Crippen LogP contribution in [0.15, 0.2) is 18.2 Å². The number of amides is 2. The average Bonchev–Trinajstić information content (AvgIpc) is 2.63. The van der Waals surface area contributed by atoms with E-state index in [9.17, 15) is 23.1 Å². The number of hydrogen-bond acceptors (Lipinski definition) is 4. The van der Waals surface area contributed by atoms with Gasteiger partial charge in [-0.3, -0.25) is 0 Å². The molecule has 0 bridgehead atoms. The summed E-state index contributed by atoms with van der Waals surface area (Å²) < 4.78 is 44.6. The maximum Gasteiger partial charge on any atom is 0.416 e. The molecule has 1 saturated carbocycles. The number of nitrogens with zero attached hydrogens (tertiary/aromatic N) is 1. The third-order valence-corrected chi connectivity index (χ3v) is 4.96. The average molecular weight is 387 g/mol. The number of halogens is 3. The lowest BCUT2D eigenvalue weighted by Crippen LogP contribution is -2.41. The van der Waals surface area contributed by atoms with Crippen LogP contribution in [0.2, 0.25) is 0 Å². The highest BCUT2D eigenvalue weighted by Gasteiger charge is 2.32. The van der Waals surface area contributed by atoms with Crippen molar-refractivity contribution in [3.8, 4) is 0 Å². The molecule has 0 unspecified atom stereocenters. The molecule has 1 saturated heterocycles. The van der Waals surface area contributed by atoms with Crippen LogP contribution in [0.25, 0.3) is 0 Å². The lowest BCUT2D eigenvalue weighted by molar-refractivity contribution is -0.137. The van der Waals surface area contributed by atoms with Crippen LogP contribution in [0.3, 0.4) is 0 Å². The number of alkyl halides is 3. The Morgan fingerprint density at radius 2 is 1.81 bits per heavy atom. The minimum atomic E-state index is -4.49. The van der Waals surface area contributed by atoms with Gasteiger partial charge in [-0.15, -0.1) is 0 Å². The van der Waals surface area contributed by atoms with E-state index < -0.39 is 17.8 Å². The Labute approximate surface area is 155 Å². The highest BCUT2D eigenvalue weighted by atomic mass is 19.4. The summed E-state index contributed by atoms with van der Waals surface area (Å²) in [6.07, 6.45) is -2.33. The first kappa shape index (κ1) is 19.8. The number of morpholine rings is 1. The second-order valence-corrected chi connectivity index (χ2v) is 6.93. The van der Waals surface area contributed by atoms with Crippen LogP contribution in [0.4, 0.5) is 29.3 Å². The summed E-state index contributed by atoms with van der Waals surface area (Å²) in [6.45, 7) is 2.05. The Hall–Kier alpha value is -2.00. The molecule has 0 aromatic heterocycles. The van der Waals surface area contributed by atoms with E-state index in [2.05, 4.69) is 10.6 Å². The SMILES string of the molecule is O=C(Nc1cc(C(F)(F)F)ccc1N1CCOCC1)NC1CCC(O)CC1. The molecule has 1 aromatic rings. The molecule has 3 rings (SSSR count). The summed E-state index contributed by atoms with van der Waals surface area (Å²) in [5.74, 6) is 0. The quantitative estimate of drug-likeness (QED) is 0.746. The van der Waals surface area contributed by atoms with Crippen LogP contribution in [-0.4, -0.2) is 49.6 Å². The van der Waals surface area contributed by atoms with Crippen molar-refractivity contribution in [2.24, 2.45) is 0 Å². The molecule has 1 aliphatic heterocycles. The number of carbonyl (C=O) groups is 1. The van der Waals surface area contributed by atoms with Gasteiger partial charge in [-0.05, 0) is 43.9 Å². The van der Waals surface area contributed by atoms with E-state index in [-0.39, 0.29) is 17.8 Å². The van der Waals surface area contributed by atoms with Crippen molar-refractivity contribution in [3.05, 3.63) is 23.8 Å². The van der Waals surface area contributed by atoms with Gasteiger partial charge in [0.15, 0.2) is 0 Å². The number of aliphatic hydroxyl groups excluding tert-OH is 1. The first-order valence-corrected chi connectivity index (χ1v) is 9.12. The van der Waals surface area contributed by atoms with Crippen LogP contribution in [0.5, 0.6) is 0 Å². The second-order valence-electron chi connectivity index (χ2n) is 6.93. The molecule has 0 spiro atoms. The van der Waals surface area contributed by atoms with Crippen LogP contribution in [-0.2, 0) is 10.9 Å². The van der Waals surface area contributed by atoms with E-state index in [1.54, 1.807) is 0 Å². The van der Waals surface area contributed by atoms with Gasteiger partial charge >= 0.3 is 12.2 Å². The van der Waals surface area contributed by atoms with Crippen molar-refractivity contribution >= 4 is 17.4 Å². The standard InChI is InChI=1S/C18H24F3N3O3/c19-18(20,21)12-1-6-16(24-7-9-27-10-8-24)15(11-12)23-17(26)22-13-2-4-14(25)5-3-13/h1,6,11,13-14,25H,2-5,7-10H2,(H2,22,23,26). The van der Waals surface area contributed by atoms with Crippen molar-refractivity contribution in [2.45, 2.75) is 44.0 Å². The van der Waals surface area contributed by atoms with Crippen molar-refractivity contribution in [3.63, 3.8) is 0 Å². The highest BCUT2D eigenvalue weighted by molar-refractivity contribution is 5.93. The van der Waals surface area contributed by atoms with Crippen molar-refractivity contribution in [1.29, 1.82) is 0 Å². The van der Waals surface area contributed by atoms with E-state index in [1.165, 1.54) is 6.07 Å². The van der Waals surface area contributed by atoms with Crippen LogP contribution in [0, 0.1) is 0 Å². The Kier molecular flexibility index (Phi) is 6.11. The number of benzene rings is 1. The molecule has 9 heteroatoms. The molecule has 27 heavy (non-hydrogen) atoms. The van der Waals surface area contributed by atoms with Crippen LogP contribution >= 0.6 is 0 Å². The van der Waals surface area contributed by atoms with Crippen LogP contribution < -0.4 is 15.5 Å². The maximum atomic E-state index is 13.1. The Morgan fingerprint density at radius 1 is 1.15 bits per heavy atom. The fraction of sp³-hybridized carbons (Fsp3) is 0.611. The Morgan fingerprint density at radius 3 is 2.44 bits per heavy atom. The summed E-state index contributed by atoms with van der Waals surface area (Å²) in [5.41, 5.74) is -0.142. The lowest BCUT2D eigenvalue weighted by Gasteiger charge is -2.31. The third kappa shape index (κ3) is 5.26. The number of hydrogen-bond donors (Lipinski definition) is 3. The highest BCUT2D eigenvalue weighted by Crippen LogP contribution is 2.35. The second kappa shape index (κ2) is 8.35. The number of anilines is 2. The monoisotopic (exact) mass is 387 g/mol. The molecule has 150 valence electrons. The summed E-state index contributed by atoms with van der Waals surface area (Å²) in [4.78, 5) is 14.2. The van der Waals surface area contributed by atoms with Gasteiger partial charge in [0.05, 0.1) is 36.3 Å². The van der Waals surface area contributed by atoms with E-state index in [0.29, 0.717) is 57.7 Å². The summed E-state index contributed by atoms with van der Waals surface area (Å²) in [7, 11) is 0. The number of carbonyl (C=O) groups excluding carboxylic acids is 1. The van der Waals surface area contributed by atoms with Crippen molar-refractivity contribution in [1.82, 2.24) is 5.32 Å². The molecular weight excluding hydrogens is 363 g/mol. The van der Waals surface area contributed by atoms with E-state index in [0.717, 1.165) is 12.1 Å². The van der Waals surface area contributed by atoms with Crippen molar-refractivity contribution in [2.75, 3.05) is 36.5 Å². The number of nitrogens with one attached hydrogen (secondary N) is 2. The van der Waals surface area contributed by atoms with Gasteiger partial charge in [-0.1, -0.05) is 0 Å². The molecule has 1 aliphatic carbocycles. The molecular formula is C18H24F3N3O3. The molecule has 3 N–H and O–H groups in total. The lowest BCUT2D eigenvalue weighted by atomic mass is 9.93. The first-order valence-electron chi connectivity index (χ1n) is 9.12. The molecule has 2 amide bonds. The summed E-state index contributed by atoms with van der Waals surface area (Å²) >= 11 is 0. The number of rotatable bonds is 3. The minimum absolute atomic E-state index is 0.0916. The zero-order valence-electron chi connectivity index (χ0n) is 14.9. The van der Waals surface area contributed by atoms with Gasteiger partial charge in [0, 0.05) is 19.1 Å². The molecule has 1 aromatic carbocycles. The third-order valence-electron chi connectivity index (χ3n) is 4.96. The zero-order chi connectivity index (χ0) is 19.4. The maximum absolute atomic E-state index is 13.1. The summed E-state index contributed by atoms with van der Waals surface area (Å²) in [6, 6.07) is 2.75. The number of ether oxygens (including phenoxy) is 1. The molecule has 6 nitrogen and oxygen atoms in total. The topological polar surface area (TPSA) is 73.8 Å². The molecule has 2 fully saturated rings. The predicted octanol–water partition coefficient (Wildman–Crippen LogP) is 2.97. The summed E-state index contributed by atoms with van der Waals surface area (Å²) in [5, 5.41) is 14.9. The largest absolute Gasteiger partial charge is 0.416 e. The fourth-order valence-electron chi connectivity index (χ4n) is 3.46. The van der Waals surface area contributed by atoms with Gasteiger partial charge in [0.1, 0.15) is 0 Å². The number of urea groups is 1. The van der Waals surface area contributed by atoms with E-state index >= 15 is 0 Å². The van der Waals surface area contributed by atoms with Crippen LogP contribution in [0.1, 0.15) is 31.2 Å². The number of aliphatic hydroxyl groups is 1. The zero-order valence-corrected chi connectivity index (χ0v) is 14.9. The molecule has 2 aliphatic rings. The fourth-order valence-corrected chi connectivity index (χ4v) is 3.46.